The molecule has 0 spiro atoms. The number of halogens is 1. The van der Waals surface area contributed by atoms with Crippen molar-refractivity contribution in [2.45, 2.75) is 0 Å². The Balaban J connectivity index is 2.63. The van der Waals surface area contributed by atoms with E-state index in [0.29, 0.717) is 5.69 Å². The number of benzene rings is 1. The lowest BCUT2D eigenvalue weighted by atomic mass is 10.3. The Morgan fingerprint density at radius 2 is 2.33 bits per heavy atom. The number of nitrogens with zero attached hydrogens (tertiary/aromatic N) is 1. The van der Waals surface area contributed by atoms with Gasteiger partial charge in [-0.05, 0) is 24.3 Å². The molecule has 62 valence electrons. The van der Waals surface area contributed by atoms with Crippen LogP contribution in [0.15, 0.2) is 42.0 Å². The zero-order valence-electron chi connectivity index (χ0n) is 6.50. The predicted octanol–water partition coefficient (Wildman–Crippen LogP) is 2.41. The first-order chi connectivity index (χ1) is 5.83. The van der Waals surface area contributed by atoms with Crippen LogP contribution in [0.3, 0.4) is 0 Å². The van der Waals surface area contributed by atoms with Crippen LogP contribution in [0, 0.1) is 5.82 Å². The van der Waals surface area contributed by atoms with E-state index < -0.39 is 0 Å². The van der Waals surface area contributed by atoms with Gasteiger partial charge in [0.05, 0.1) is 5.69 Å². The Labute approximate surface area is 70.4 Å². The molecule has 3 heteroatoms. The molecule has 2 nitrogen and oxygen atoms in total. The molecule has 1 rings (SSSR count). The molecule has 1 N–H and O–H groups in total. The zero-order valence-corrected chi connectivity index (χ0v) is 6.50. The fourth-order valence-electron chi connectivity index (χ4n) is 0.723. The number of anilines is 1. The van der Waals surface area contributed by atoms with Crippen molar-refractivity contribution < 1.29 is 4.39 Å². The first-order valence-corrected chi connectivity index (χ1v) is 3.48. The number of hydrogen-bond donors (Lipinski definition) is 1. The van der Waals surface area contributed by atoms with Crippen molar-refractivity contribution in [1.82, 2.24) is 0 Å². The molecule has 0 fully saturated rings. The van der Waals surface area contributed by atoms with Crippen molar-refractivity contribution in [2.75, 3.05) is 5.43 Å². The lowest BCUT2D eigenvalue weighted by Crippen LogP contribution is -1.88. The van der Waals surface area contributed by atoms with Gasteiger partial charge < -0.3 is 0 Å². The van der Waals surface area contributed by atoms with E-state index in [0.717, 1.165) is 0 Å². The number of hydrogen-bond acceptors (Lipinski definition) is 2. The smallest absolute Gasteiger partial charge is 0.125 e. The highest BCUT2D eigenvalue weighted by Crippen LogP contribution is 2.08. The number of rotatable bonds is 3. The van der Waals surface area contributed by atoms with Gasteiger partial charge in [0.2, 0.25) is 0 Å². The van der Waals surface area contributed by atoms with E-state index in [9.17, 15) is 4.39 Å². The molecular weight excluding hydrogens is 155 g/mol. The van der Waals surface area contributed by atoms with E-state index in [1.807, 2.05) is 0 Å². The largest absolute Gasteiger partial charge is 0.278 e. The first-order valence-electron chi connectivity index (χ1n) is 3.48. The Morgan fingerprint density at radius 3 is 3.00 bits per heavy atom. The highest BCUT2D eigenvalue weighted by molar-refractivity contribution is 5.71. The lowest BCUT2D eigenvalue weighted by molar-refractivity contribution is 0.628. The molecule has 0 heterocycles. The first kappa shape index (κ1) is 8.46. The summed E-state index contributed by atoms with van der Waals surface area (Å²) in [5.74, 6) is -0.284. The molecule has 12 heavy (non-hydrogen) atoms. The van der Waals surface area contributed by atoms with Crippen molar-refractivity contribution in [3.8, 4) is 0 Å². The lowest BCUT2D eigenvalue weighted by Gasteiger charge is -1.97. The van der Waals surface area contributed by atoms with Gasteiger partial charge in [0.15, 0.2) is 0 Å². The Morgan fingerprint density at radius 1 is 1.50 bits per heavy atom. The summed E-state index contributed by atoms with van der Waals surface area (Å²) >= 11 is 0. The second-order valence-electron chi connectivity index (χ2n) is 2.14. The molecule has 0 aliphatic carbocycles. The van der Waals surface area contributed by atoms with E-state index in [-0.39, 0.29) is 5.82 Å². The average molecular weight is 164 g/mol. The van der Waals surface area contributed by atoms with E-state index in [1.165, 1.54) is 24.4 Å². The van der Waals surface area contributed by atoms with E-state index >= 15 is 0 Å². The molecule has 1 aromatic carbocycles. The van der Waals surface area contributed by atoms with Gasteiger partial charge in [-0.1, -0.05) is 12.6 Å². The minimum atomic E-state index is -0.284. The monoisotopic (exact) mass is 164 g/mol. The summed E-state index contributed by atoms with van der Waals surface area (Å²) < 4.78 is 12.6. The Bertz CT molecular complexity index is 294. The van der Waals surface area contributed by atoms with Crippen LogP contribution in [0.2, 0.25) is 0 Å². The van der Waals surface area contributed by atoms with Crippen LogP contribution >= 0.6 is 0 Å². The van der Waals surface area contributed by atoms with E-state index in [1.54, 1.807) is 12.1 Å². The van der Waals surface area contributed by atoms with Crippen molar-refractivity contribution in [3.63, 3.8) is 0 Å². The Hall–Kier alpha value is -1.64. The number of hydrazone groups is 1. The van der Waals surface area contributed by atoms with Crippen LogP contribution in [0.1, 0.15) is 0 Å². The van der Waals surface area contributed by atoms with Gasteiger partial charge in [-0.3, -0.25) is 5.43 Å². The standard InChI is InChI=1S/C9H9FN2/c1-2-6-11-12-9-5-3-4-8(10)7-9/h2-7,12H,1H2/b11-6+. The summed E-state index contributed by atoms with van der Waals surface area (Å²) in [5, 5.41) is 3.74. The summed E-state index contributed by atoms with van der Waals surface area (Å²) in [6.45, 7) is 3.45. The van der Waals surface area contributed by atoms with Crippen molar-refractivity contribution in [3.05, 3.63) is 42.7 Å². The molecule has 0 aliphatic heterocycles. The van der Waals surface area contributed by atoms with Crippen LogP contribution in [-0.2, 0) is 0 Å². The minimum absolute atomic E-state index is 0.284. The third-order valence-corrected chi connectivity index (χ3v) is 1.20. The molecule has 0 saturated carbocycles. The molecule has 0 atom stereocenters. The molecule has 0 unspecified atom stereocenters. The highest BCUT2D eigenvalue weighted by Gasteiger charge is 1.90. The molecular formula is C9H9FN2. The maximum atomic E-state index is 12.6. The predicted molar refractivity (Wildman–Crippen MR) is 48.7 cm³/mol. The SMILES string of the molecule is C=C/C=N/Nc1cccc(F)c1. The van der Waals surface area contributed by atoms with Gasteiger partial charge in [0.1, 0.15) is 5.82 Å². The van der Waals surface area contributed by atoms with Crippen molar-refractivity contribution in [1.29, 1.82) is 0 Å². The fraction of sp³-hybridized carbons (Fsp3) is 0. The quantitative estimate of drug-likeness (QED) is 0.538. The van der Waals surface area contributed by atoms with Gasteiger partial charge in [0.25, 0.3) is 0 Å². The van der Waals surface area contributed by atoms with Crippen LogP contribution < -0.4 is 5.43 Å². The van der Waals surface area contributed by atoms with Crippen LogP contribution in [0.4, 0.5) is 10.1 Å². The number of allylic oxidation sites excluding steroid dienone is 1. The van der Waals surface area contributed by atoms with Gasteiger partial charge in [0, 0.05) is 6.21 Å². The summed E-state index contributed by atoms with van der Waals surface area (Å²) in [6.07, 6.45) is 3.03. The summed E-state index contributed by atoms with van der Waals surface area (Å²) in [4.78, 5) is 0. The van der Waals surface area contributed by atoms with E-state index in [2.05, 4.69) is 17.1 Å². The normalized spacial score (nSPS) is 10.1. The molecule has 0 aliphatic rings. The molecule has 0 radical (unpaired) electrons. The highest BCUT2D eigenvalue weighted by atomic mass is 19.1. The van der Waals surface area contributed by atoms with Crippen molar-refractivity contribution >= 4 is 11.9 Å². The van der Waals surface area contributed by atoms with Crippen LogP contribution in [0.25, 0.3) is 0 Å². The third-order valence-electron chi connectivity index (χ3n) is 1.20. The van der Waals surface area contributed by atoms with Gasteiger partial charge in [-0.15, -0.1) is 0 Å². The molecule has 0 saturated heterocycles. The maximum Gasteiger partial charge on any atom is 0.125 e. The Kier molecular flexibility index (Phi) is 3.02. The molecule has 1 aromatic rings. The summed E-state index contributed by atoms with van der Waals surface area (Å²) in [6, 6.07) is 6.08. The van der Waals surface area contributed by atoms with E-state index in [4.69, 9.17) is 0 Å². The molecule has 0 bridgehead atoms. The summed E-state index contributed by atoms with van der Waals surface area (Å²) in [5.41, 5.74) is 3.26. The van der Waals surface area contributed by atoms with Crippen molar-refractivity contribution in [2.24, 2.45) is 5.10 Å². The molecule has 0 aromatic heterocycles. The third kappa shape index (κ3) is 2.54. The number of nitrogens with one attached hydrogen (secondary N) is 1. The fourth-order valence-corrected chi connectivity index (χ4v) is 0.723. The van der Waals surface area contributed by atoms with Gasteiger partial charge in [-0.25, -0.2) is 4.39 Å². The van der Waals surface area contributed by atoms with Crippen LogP contribution in [0.5, 0.6) is 0 Å². The maximum absolute atomic E-state index is 12.6. The van der Waals surface area contributed by atoms with Gasteiger partial charge >= 0.3 is 0 Å². The molecule has 0 amide bonds. The average Bonchev–Trinajstić information content (AvgIpc) is 2.05. The summed E-state index contributed by atoms with van der Waals surface area (Å²) in [7, 11) is 0. The van der Waals surface area contributed by atoms with Crippen LogP contribution in [-0.4, -0.2) is 6.21 Å². The second-order valence-corrected chi connectivity index (χ2v) is 2.14. The minimum Gasteiger partial charge on any atom is -0.278 e. The van der Waals surface area contributed by atoms with Gasteiger partial charge in [-0.2, -0.15) is 5.10 Å². The zero-order chi connectivity index (χ0) is 8.81. The topological polar surface area (TPSA) is 24.4 Å². The second kappa shape index (κ2) is 4.28.